The summed E-state index contributed by atoms with van der Waals surface area (Å²) in [6, 6.07) is 18.9. The molecule has 0 saturated carbocycles. The first-order valence-corrected chi connectivity index (χ1v) is 7.82. The molecule has 0 fully saturated rings. The normalized spacial score (nSPS) is 10.2. The molecule has 0 spiro atoms. The van der Waals surface area contributed by atoms with Crippen molar-refractivity contribution in [1.82, 2.24) is 0 Å². The zero-order valence-corrected chi connectivity index (χ0v) is 13.2. The lowest BCUT2D eigenvalue weighted by atomic mass is 10.2. The third kappa shape index (κ3) is 3.58. The third-order valence-electron chi connectivity index (χ3n) is 3.10. The highest BCUT2D eigenvalue weighted by Gasteiger charge is 2.16. The topological polar surface area (TPSA) is 81.5 Å². The van der Waals surface area contributed by atoms with Gasteiger partial charge in [-0.25, -0.2) is 0 Å². The fourth-order valence-electron chi connectivity index (χ4n) is 2.01. The number of anilines is 1. The monoisotopic (exact) mass is 340 g/mol. The number of carbonyl (C=O) groups is 1. The molecule has 1 N–H and O–H groups in total. The summed E-state index contributed by atoms with van der Waals surface area (Å²) in [5.41, 5.74) is 0.488. The lowest BCUT2D eigenvalue weighted by Gasteiger charge is -2.11. The molecular formula is C17H12N2O4S. The summed E-state index contributed by atoms with van der Waals surface area (Å²) in [6.07, 6.45) is 0. The van der Waals surface area contributed by atoms with Crippen LogP contribution in [0.2, 0.25) is 0 Å². The molecule has 3 aromatic rings. The molecule has 24 heavy (non-hydrogen) atoms. The molecule has 7 heteroatoms. The van der Waals surface area contributed by atoms with Crippen LogP contribution < -0.4 is 10.1 Å². The van der Waals surface area contributed by atoms with Crippen molar-refractivity contribution in [3.8, 4) is 11.5 Å². The first-order chi connectivity index (χ1) is 11.6. The van der Waals surface area contributed by atoms with E-state index in [1.165, 1.54) is 12.1 Å². The Kier molecular flexibility index (Phi) is 4.53. The average Bonchev–Trinajstić information content (AvgIpc) is 3.08. The number of nitrogens with zero attached hydrogens (tertiary/aromatic N) is 1. The Bertz CT molecular complexity index is 877. The molecule has 0 aliphatic carbocycles. The zero-order chi connectivity index (χ0) is 16.9. The average molecular weight is 340 g/mol. The van der Waals surface area contributed by atoms with Crippen molar-refractivity contribution in [3.05, 3.63) is 81.7 Å². The molecule has 3 rings (SSSR count). The number of ether oxygens (including phenoxy) is 1. The van der Waals surface area contributed by atoms with Gasteiger partial charge in [0.2, 0.25) is 0 Å². The molecule has 0 aliphatic rings. The Morgan fingerprint density at radius 1 is 1.00 bits per heavy atom. The minimum absolute atomic E-state index is 0.0750. The second kappa shape index (κ2) is 6.93. The van der Waals surface area contributed by atoms with E-state index in [0.717, 1.165) is 11.3 Å². The van der Waals surface area contributed by atoms with Gasteiger partial charge < -0.3 is 10.1 Å². The number of nitro groups is 1. The van der Waals surface area contributed by atoms with Gasteiger partial charge in [0.1, 0.15) is 5.75 Å². The van der Waals surface area contributed by atoms with Crippen LogP contribution in [0.1, 0.15) is 9.67 Å². The fraction of sp³-hybridized carbons (Fsp3) is 0. The number of hydrogen-bond donors (Lipinski definition) is 1. The highest BCUT2D eigenvalue weighted by Crippen LogP contribution is 2.30. The summed E-state index contributed by atoms with van der Waals surface area (Å²) in [7, 11) is 0. The zero-order valence-electron chi connectivity index (χ0n) is 12.3. The van der Waals surface area contributed by atoms with Gasteiger partial charge in [0, 0.05) is 6.07 Å². The standard InChI is InChI=1S/C17H12N2O4S/c20-17(15-10-11-16(24-15)19(21)22)18-13-8-4-5-9-14(13)23-12-6-2-1-3-7-12/h1-11H,(H,18,20). The first-order valence-electron chi connectivity index (χ1n) is 7.01. The Morgan fingerprint density at radius 2 is 1.71 bits per heavy atom. The van der Waals surface area contributed by atoms with Crippen LogP contribution in [-0.2, 0) is 0 Å². The van der Waals surface area contributed by atoms with Gasteiger partial charge in [-0.15, -0.1) is 0 Å². The van der Waals surface area contributed by atoms with Crippen molar-refractivity contribution in [2.24, 2.45) is 0 Å². The van der Waals surface area contributed by atoms with E-state index < -0.39 is 10.8 Å². The van der Waals surface area contributed by atoms with Gasteiger partial charge in [0.15, 0.2) is 5.75 Å². The SMILES string of the molecule is O=C(Nc1ccccc1Oc1ccccc1)c1ccc([N+](=O)[O-])s1. The van der Waals surface area contributed by atoms with Gasteiger partial charge in [0.25, 0.3) is 5.91 Å². The third-order valence-corrected chi connectivity index (χ3v) is 4.14. The van der Waals surface area contributed by atoms with Crippen LogP contribution in [0.5, 0.6) is 11.5 Å². The Balaban J connectivity index is 1.79. The number of benzene rings is 2. The molecule has 0 atom stereocenters. The van der Waals surface area contributed by atoms with Gasteiger partial charge in [-0.3, -0.25) is 14.9 Å². The fourth-order valence-corrected chi connectivity index (χ4v) is 2.72. The predicted molar refractivity (Wildman–Crippen MR) is 91.9 cm³/mol. The van der Waals surface area contributed by atoms with E-state index in [0.29, 0.717) is 17.2 Å². The van der Waals surface area contributed by atoms with Crippen LogP contribution in [0, 0.1) is 10.1 Å². The molecule has 1 amide bonds. The minimum atomic E-state index is -0.520. The summed E-state index contributed by atoms with van der Waals surface area (Å²) in [5.74, 6) is 0.714. The quantitative estimate of drug-likeness (QED) is 0.539. The molecule has 0 bridgehead atoms. The number of carbonyl (C=O) groups excluding carboxylic acids is 1. The van der Waals surface area contributed by atoms with Gasteiger partial charge in [-0.05, 0) is 30.3 Å². The molecule has 0 saturated heterocycles. The van der Waals surface area contributed by atoms with Gasteiger partial charge in [-0.2, -0.15) is 0 Å². The molecule has 2 aromatic carbocycles. The summed E-state index contributed by atoms with van der Waals surface area (Å²) in [6.45, 7) is 0. The van der Waals surface area contributed by atoms with Crippen molar-refractivity contribution in [1.29, 1.82) is 0 Å². The van der Waals surface area contributed by atoms with E-state index >= 15 is 0 Å². The van der Waals surface area contributed by atoms with Crippen LogP contribution >= 0.6 is 11.3 Å². The molecule has 1 heterocycles. The number of nitrogens with one attached hydrogen (secondary N) is 1. The van der Waals surface area contributed by atoms with Crippen molar-refractivity contribution in [2.75, 3.05) is 5.32 Å². The summed E-state index contributed by atoms with van der Waals surface area (Å²) in [5, 5.41) is 13.4. The molecule has 0 radical (unpaired) electrons. The van der Waals surface area contributed by atoms with E-state index in [1.807, 2.05) is 18.2 Å². The molecule has 0 aliphatic heterocycles. The molecule has 120 valence electrons. The molecular weight excluding hydrogens is 328 g/mol. The number of amides is 1. The van der Waals surface area contributed by atoms with E-state index in [4.69, 9.17) is 4.74 Å². The van der Waals surface area contributed by atoms with E-state index in [9.17, 15) is 14.9 Å². The highest BCUT2D eigenvalue weighted by atomic mass is 32.1. The highest BCUT2D eigenvalue weighted by molar-refractivity contribution is 7.17. The van der Waals surface area contributed by atoms with Crippen LogP contribution in [-0.4, -0.2) is 10.8 Å². The number of thiophene rings is 1. The van der Waals surface area contributed by atoms with Crippen LogP contribution in [0.3, 0.4) is 0 Å². The lowest BCUT2D eigenvalue weighted by Crippen LogP contribution is -2.10. The molecule has 1 aromatic heterocycles. The Labute approximate surface area is 141 Å². The van der Waals surface area contributed by atoms with Crippen molar-refractivity contribution in [2.45, 2.75) is 0 Å². The lowest BCUT2D eigenvalue weighted by molar-refractivity contribution is -0.380. The minimum Gasteiger partial charge on any atom is -0.455 e. The smallest absolute Gasteiger partial charge is 0.324 e. The Hall–Kier alpha value is -3.19. The number of hydrogen-bond acceptors (Lipinski definition) is 5. The van der Waals surface area contributed by atoms with E-state index in [1.54, 1.807) is 36.4 Å². The van der Waals surface area contributed by atoms with Crippen LogP contribution in [0.25, 0.3) is 0 Å². The number of para-hydroxylation sites is 3. The van der Waals surface area contributed by atoms with E-state index in [-0.39, 0.29) is 9.88 Å². The van der Waals surface area contributed by atoms with E-state index in [2.05, 4.69) is 5.32 Å². The largest absolute Gasteiger partial charge is 0.455 e. The summed E-state index contributed by atoms with van der Waals surface area (Å²) >= 11 is 0.826. The van der Waals surface area contributed by atoms with Gasteiger partial charge in [0.05, 0.1) is 15.5 Å². The van der Waals surface area contributed by atoms with Crippen molar-refractivity contribution >= 4 is 27.9 Å². The second-order valence-electron chi connectivity index (χ2n) is 4.76. The van der Waals surface area contributed by atoms with Gasteiger partial charge >= 0.3 is 5.00 Å². The number of rotatable bonds is 5. The Morgan fingerprint density at radius 3 is 2.42 bits per heavy atom. The maximum absolute atomic E-state index is 12.3. The van der Waals surface area contributed by atoms with Crippen molar-refractivity contribution in [3.63, 3.8) is 0 Å². The van der Waals surface area contributed by atoms with Crippen LogP contribution in [0.15, 0.2) is 66.7 Å². The molecule has 6 nitrogen and oxygen atoms in total. The van der Waals surface area contributed by atoms with Crippen molar-refractivity contribution < 1.29 is 14.5 Å². The molecule has 0 unspecified atom stereocenters. The maximum Gasteiger partial charge on any atom is 0.324 e. The summed E-state index contributed by atoms with van der Waals surface area (Å²) < 4.78 is 5.77. The van der Waals surface area contributed by atoms with Gasteiger partial charge in [-0.1, -0.05) is 41.7 Å². The second-order valence-corrected chi connectivity index (χ2v) is 5.82. The summed E-state index contributed by atoms with van der Waals surface area (Å²) in [4.78, 5) is 22.7. The maximum atomic E-state index is 12.3. The first kappa shape index (κ1) is 15.7. The van der Waals surface area contributed by atoms with Crippen LogP contribution in [0.4, 0.5) is 10.7 Å². The predicted octanol–water partition coefficient (Wildman–Crippen LogP) is 4.70.